The van der Waals surface area contributed by atoms with E-state index in [0.29, 0.717) is 18.3 Å². The zero-order chi connectivity index (χ0) is 12.1. The summed E-state index contributed by atoms with van der Waals surface area (Å²) in [6.07, 6.45) is 4.86. The van der Waals surface area contributed by atoms with E-state index in [-0.39, 0.29) is 0 Å². The molecule has 0 atom stereocenters. The Morgan fingerprint density at radius 3 is 3.00 bits per heavy atom. The lowest BCUT2D eigenvalue weighted by molar-refractivity contribution is 0.317. The summed E-state index contributed by atoms with van der Waals surface area (Å²) in [7, 11) is 0. The highest BCUT2D eigenvalue weighted by Gasteiger charge is 2.13. The lowest BCUT2D eigenvalue weighted by Crippen LogP contribution is -2.32. The van der Waals surface area contributed by atoms with Crippen molar-refractivity contribution in [2.24, 2.45) is 5.73 Å². The van der Waals surface area contributed by atoms with E-state index in [4.69, 9.17) is 22.7 Å². The predicted molar refractivity (Wildman–Crippen MR) is 73.4 cm³/mol. The molecular weight excluding hydrogens is 232 g/mol. The van der Waals surface area contributed by atoms with Crippen LogP contribution in [0, 0.1) is 0 Å². The van der Waals surface area contributed by atoms with Gasteiger partial charge < -0.3 is 15.8 Å². The van der Waals surface area contributed by atoms with Gasteiger partial charge in [0.15, 0.2) is 5.11 Å². The first kappa shape index (κ1) is 12.2. The van der Waals surface area contributed by atoms with Gasteiger partial charge in [-0.2, -0.15) is 0 Å². The number of benzene rings is 1. The summed E-state index contributed by atoms with van der Waals surface area (Å²) in [6, 6.07) is 6.32. The molecule has 2 rings (SSSR count). The lowest BCUT2D eigenvalue weighted by Gasteiger charge is -2.19. The average molecular weight is 250 g/mol. The molecule has 0 bridgehead atoms. The second-order valence-electron chi connectivity index (χ2n) is 4.24. The Morgan fingerprint density at radius 1 is 1.35 bits per heavy atom. The minimum Gasteiger partial charge on any atom is -0.491 e. The molecule has 0 heterocycles. The standard InChI is InChI=1S/C13H18N2OS/c14-13(17)15-8-9-16-12-7-3-5-10-4-1-2-6-11(10)12/h3,5,7H,1-2,4,6,8-9H2,(H3,14,15,17). The van der Waals surface area contributed by atoms with E-state index < -0.39 is 0 Å². The van der Waals surface area contributed by atoms with E-state index in [1.807, 2.05) is 6.07 Å². The number of nitrogens with one attached hydrogen (secondary N) is 1. The molecule has 0 radical (unpaired) electrons. The molecule has 3 nitrogen and oxygen atoms in total. The van der Waals surface area contributed by atoms with Crippen molar-refractivity contribution in [2.45, 2.75) is 25.7 Å². The van der Waals surface area contributed by atoms with Crippen molar-refractivity contribution >= 4 is 17.3 Å². The SMILES string of the molecule is NC(=S)NCCOc1cccc2c1CCCC2. The fraction of sp³-hybridized carbons (Fsp3) is 0.462. The number of fused-ring (bicyclic) bond motifs is 1. The second kappa shape index (κ2) is 5.87. The highest BCUT2D eigenvalue weighted by atomic mass is 32.1. The van der Waals surface area contributed by atoms with Crippen LogP contribution in [0.1, 0.15) is 24.0 Å². The van der Waals surface area contributed by atoms with Crippen LogP contribution < -0.4 is 15.8 Å². The van der Waals surface area contributed by atoms with Crippen LogP contribution in [0.4, 0.5) is 0 Å². The molecule has 0 aliphatic heterocycles. The molecule has 0 spiro atoms. The summed E-state index contributed by atoms with van der Waals surface area (Å²) in [5.74, 6) is 1.02. The van der Waals surface area contributed by atoms with E-state index >= 15 is 0 Å². The molecule has 1 aliphatic carbocycles. The van der Waals surface area contributed by atoms with Crippen molar-refractivity contribution in [3.8, 4) is 5.75 Å². The van der Waals surface area contributed by atoms with Gasteiger partial charge in [0, 0.05) is 0 Å². The summed E-state index contributed by atoms with van der Waals surface area (Å²) in [5, 5.41) is 3.20. The van der Waals surface area contributed by atoms with Crippen molar-refractivity contribution in [1.82, 2.24) is 5.32 Å². The molecule has 0 saturated heterocycles. The molecule has 1 aromatic rings. The summed E-state index contributed by atoms with van der Waals surface area (Å²) in [6.45, 7) is 1.24. The number of aryl methyl sites for hydroxylation is 1. The van der Waals surface area contributed by atoms with Gasteiger partial charge in [-0.05, 0) is 55.1 Å². The quantitative estimate of drug-likeness (QED) is 0.631. The van der Waals surface area contributed by atoms with Crippen molar-refractivity contribution in [1.29, 1.82) is 0 Å². The smallest absolute Gasteiger partial charge is 0.163 e. The van der Waals surface area contributed by atoms with Crippen LogP contribution in [0.15, 0.2) is 18.2 Å². The molecule has 0 aromatic heterocycles. The van der Waals surface area contributed by atoms with Gasteiger partial charge in [-0.3, -0.25) is 0 Å². The molecule has 0 fully saturated rings. The van der Waals surface area contributed by atoms with Gasteiger partial charge >= 0.3 is 0 Å². The highest BCUT2D eigenvalue weighted by molar-refractivity contribution is 7.80. The largest absolute Gasteiger partial charge is 0.491 e. The number of rotatable bonds is 4. The number of hydrogen-bond donors (Lipinski definition) is 2. The maximum absolute atomic E-state index is 5.78. The molecular formula is C13H18N2OS. The predicted octanol–water partition coefficient (Wildman–Crippen LogP) is 1.78. The Morgan fingerprint density at radius 2 is 2.18 bits per heavy atom. The second-order valence-corrected chi connectivity index (χ2v) is 4.68. The topological polar surface area (TPSA) is 47.3 Å². The Labute approximate surface area is 107 Å². The third kappa shape index (κ3) is 3.33. The highest BCUT2D eigenvalue weighted by Crippen LogP contribution is 2.29. The van der Waals surface area contributed by atoms with Crippen molar-refractivity contribution in [2.75, 3.05) is 13.2 Å². The molecule has 0 amide bonds. The van der Waals surface area contributed by atoms with E-state index in [1.165, 1.54) is 30.4 Å². The van der Waals surface area contributed by atoms with Crippen molar-refractivity contribution < 1.29 is 4.74 Å². The number of nitrogens with two attached hydrogens (primary N) is 1. The zero-order valence-electron chi connectivity index (χ0n) is 9.87. The number of thiocarbonyl (C=S) groups is 1. The number of ether oxygens (including phenoxy) is 1. The Kier molecular flexibility index (Phi) is 4.20. The third-order valence-corrected chi connectivity index (χ3v) is 3.16. The van der Waals surface area contributed by atoms with E-state index in [0.717, 1.165) is 12.2 Å². The molecule has 3 N–H and O–H groups in total. The fourth-order valence-corrected chi connectivity index (χ4v) is 2.32. The Bertz CT molecular complexity index is 406. The molecule has 92 valence electrons. The summed E-state index contributed by atoms with van der Waals surface area (Å²) in [4.78, 5) is 0. The van der Waals surface area contributed by atoms with E-state index in [9.17, 15) is 0 Å². The number of hydrogen-bond acceptors (Lipinski definition) is 2. The molecule has 0 unspecified atom stereocenters. The van der Waals surface area contributed by atoms with Crippen molar-refractivity contribution in [3.05, 3.63) is 29.3 Å². The molecule has 1 aromatic carbocycles. The molecule has 17 heavy (non-hydrogen) atoms. The van der Waals surface area contributed by atoms with Crippen LogP contribution >= 0.6 is 12.2 Å². The van der Waals surface area contributed by atoms with Gasteiger partial charge in [-0.1, -0.05) is 12.1 Å². The average Bonchev–Trinajstić information content (AvgIpc) is 2.34. The van der Waals surface area contributed by atoms with Crippen LogP contribution in [-0.2, 0) is 12.8 Å². The van der Waals surface area contributed by atoms with Crippen molar-refractivity contribution in [3.63, 3.8) is 0 Å². The Hall–Kier alpha value is -1.29. The van der Waals surface area contributed by atoms with Crippen LogP contribution in [-0.4, -0.2) is 18.3 Å². The molecule has 4 heteroatoms. The van der Waals surface area contributed by atoms with Gasteiger partial charge in [0.2, 0.25) is 0 Å². The minimum absolute atomic E-state index is 0.323. The monoisotopic (exact) mass is 250 g/mol. The van der Waals surface area contributed by atoms with Gasteiger partial charge in [-0.25, -0.2) is 0 Å². The normalized spacial score (nSPS) is 13.9. The van der Waals surface area contributed by atoms with Gasteiger partial charge in [0.05, 0.1) is 6.54 Å². The first-order valence-electron chi connectivity index (χ1n) is 6.04. The molecule has 0 saturated carbocycles. The maximum atomic E-state index is 5.78. The first-order valence-corrected chi connectivity index (χ1v) is 6.45. The summed E-state index contributed by atoms with van der Waals surface area (Å²) < 4.78 is 5.78. The van der Waals surface area contributed by atoms with E-state index in [1.54, 1.807) is 0 Å². The Balaban J connectivity index is 1.94. The van der Waals surface area contributed by atoms with Crippen LogP contribution in [0.2, 0.25) is 0 Å². The van der Waals surface area contributed by atoms with Gasteiger partial charge in [0.1, 0.15) is 12.4 Å². The minimum atomic E-state index is 0.323. The third-order valence-electron chi connectivity index (χ3n) is 3.01. The fourth-order valence-electron chi connectivity index (χ4n) is 2.22. The summed E-state index contributed by atoms with van der Waals surface area (Å²) >= 11 is 4.73. The summed E-state index contributed by atoms with van der Waals surface area (Å²) in [5.41, 5.74) is 8.17. The van der Waals surface area contributed by atoms with Crippen LogP contribution in [0.3, 0.4) is 0 Å². The molecule has 1 aliphatic rings. The zero-order valence-corrected chi connectivity index (χ0v) is 10.7. The van der Waals surface area contributed by atoms with E-state index in [2.05, 4.69) is 17.4 Å². The van der Waals surface area contributed by atoms with Crippen LogP contribution in [0.25, 0.3) is 0 Å². The lowest BCUT2D eigenvalue weighted by atomic mass is 9.91. The maximum Gasteiger partial charge on any atom is 0.163 e. The first-order chi connectivity index (χ1) is 8.27. The van der Waals surface area contributed by atoms with Gasteiger partial charge in [0.25, 0.3) is 0 Å². The van der Waals surface area contributed by atoms with Crippen LogP contribution in [0.5, 0.6) is 5.75 Å². The van der Waals surface area contributed by atoms with Gasteiger partial charge in [-0.15, -0.1) is 0 Å².